The van der Waals surface area contributed by atoms with Crippen molar-refractivity contribution < 1.29 is 5.11 Å². The van der Waals surface area contributed by atoms with Gasteiger partial charge in [0.25, 0.3) is 0 Å². The van der Waals surface area contributed by atoms with Crippen molar-refractivity contribution in [3.05, 3.63) is 52.8 Å². The van der Waals surface area contributed by atoms with Gasteiger partial charge < -0.3 is 15.3 Å². The predicted molar refractivity (Wildman–Crippen MR) is 120 cm³/mol. The summed E-state index contributed by atoms with van der Waals surface area (Å²) in [7, 11) is 1.94. The van der Waals surface area contributed by atoms with Gasteiger partial charge in [-0.3, -0.25) is 9.67 Å². The summed E-state index contributed by atoms with van der Waals surface area (Å²) in [6.07, 6.45) is 4.47. The topological polar surface area (TPSA) is 65.7 Å². The molecule has 2 heterocycles. The fourth-order valence-electron chi connectivity index (χ4n) is 3.26. The molecule has 0 amide bonds. The molecule has 3 rings (SSSR count). The molecule has 2 N–H and O–H groups in total. The number of nitrogens with one attached hydrogen (secondary N) is 1. The van der Waals surface area contributed by atoms with Gasteiger partial charge in [0, 0.05) is 43.8 Å². The molecule has 2 aromatic rings. The highest BCUT2D eigenvalue weighted by molar-refractivity contribution is 14.0. The Morgan fingerprint density at radius 2 is 2.15 bits per heavy atom. The molecule has 1 aliphatic rings. The van der Waals surface area contributed by atoms with Gasteiger partial charge >= 0.3 is 0 Å². The van der Waals surface area contributed by atoms with Crippen LogP contribution >= 0.6 is 35.6 Å². The molecule has 6 nitrogen and oxygen atoms in total. The molecule has 1 aromatic carbocycles. The van der Waals surface area contributed by atoms with E-state index in [2.05, 4.69) is 33.4 Å². The third-order valence-corrected chi connectivity index (χ3v) is 4.94. The molecule has 1 aliphatic heterocycles. The Morgan fingerprint density at radius 3 is 2.78 bits per heavy atom. The second kappa shape index (κ2) is 10.3. The van der Waals surface area contributed by atoms with Gasteiger partial charge in [-0.1, -0.05) is 23.7 Å². The second-order valence-corrected chi connectivity index (χ2v) is 7.08. The first-order valence-corrected chi connectivity index (χ1v) is 9.40. The van der Waals surface area contributed by atoms with E-state index in [1.165, 1.54) is 5.56 Å². The van der Waals surface area contributed by atoms with E-state index in [-0.39, 0.29) is 24.0 Å². The van der Waals surface area contributed by atoms with Crippen LogP contribution in [-0.2, 0) is 7.05 Å². The number of hydrogen-bond donors (Lipinski definition) is 2. The largest absolute Gasteiger partial charge is 0.386 e. The van der Waals surface area contributed by atoms with E-state index in [0.29, 0.717) is 17.5 Å². The number of guanidine groups is 1. The molecule has 0 radical (unpaired) electrons. The first kappa shape index (κ1) is 22.0. The minimum Gasteiger partial charge on any atom is -0.386 e. The van der Waals surface area contributed by atoms with Crippen LogP contribution in [0.1, 0.15) is 36.5 Å². The molecule has 2 unspecified atom stereocenters. The van der Waals surface area contributed by atoms with Crippen molar-refractivity contribution in [3.8, 4) is 0 Å². The van der Waals surface area contributed by atoms with Crippen molar-refractivity contribution in [2.75, 3.05) is 26.2 Å². The molecule has 1 aromatic heterocycles. The van der Waals surface area contributed by atoms with Crippen LogP contribution in [0.15, 0.2) is 41.7 Å². The normalized spacial score (nSPS) is 18.3. The zero-order chi connectivity index (χ0) is 18.5. The molecule has 0 spiro atoms. The average molecular weight is 504 g/mol. The van der Waals surface area contributed by atoms with Crippen LogP contribution in [0.4, 0.5) is 0 Å². The number of hydrogen-bond acceptors (Lipinski definition) is 3. The summed E-state index contributed by atoms with van der Waals surface area (Å²) in [6, 6.07) is 7.25. The first-order chi connectivity index (χ1) is 12.6. The van der Waals surface area contributed by atoms with Crippen molar-refractivity contribution in [2.24, 2.45) is 12.0 Å². The van der Waals surface area contributed by atoms with Gasteiger partial charge in [-0.05, 0) is 36.6 Å². The summed E-state index contributed by atoms with van der Waals surface area (Å²) < 4.78 is 1.85. The molecule has 2 atom stereocenters. The number of aliphatic hydroxyl groups excluding tert-OH is 1. The molecule has 8 heteroatoms. The maximum atomic E-state index is 10.4. The van der Waals surface area contributed by atoms with Gasteiger partial charge in [-0.2, -0.15) is 5.10 Å². The fourth-order valence-corrected chi connectivity index (χ4v) is 3.39. The van der Waals surface area contributed by atoms with Crippen LogP contribution in [0.2, 0.25) is 5.02 Å². The maximum Gasteiger partial charge on any atom is 0.194 e. The van der Waals surface area contributed by atoms with Crippen molar-refractivity contribution in [1.82, 2.24) is 20.0 Å². The number of aromatic nitrogens is 2. The lowest BCUT2D eigenvalue weighted by molar-refractivity contribution is 0.186. The van der Waals surface area contributed by atoms with E-state index in [1.54, 1.807) is 12.1 Å². The lowest BCUT2D eigenvalue weighted by Gasteiger charge is -2.22. The zero-order valence-corrected chi connectivity index (χ0v) is 18.8. The van der Waals surface area contributed by atoms with Crippen LogP contribution in [-0.4, -0.2) is 51.9 Å². The Morgan fingerprint density at radius 1 is 1.41 bits per heavy atom. The summed E-state index contributed by atoms with van der Waals surface area (Å²) in [5.41, 5.74) is 2.09. The molecule has 27 heavy (non-hydrogen) atoms. The number of aliphatic imine (C=N–C) groups is 1. The highest BCUT2D eigenvalue weighted by atomic mass is 127. The molecular weight excluding hydrogens is 477 g/mol. The smallest absolute Gasteiger partial charge is 0.194 e. The number of halogens is 2. The van der Waals surface area contributed by atoms with Crippen LogP contribution in [0.5, 0.6) is 0 Å². The molecular formula is C19H27ClIN5O. The number of rotatable bonds is 5. The average Bonchev–Trinajstić information content (AvgIpc) is 3.28. The summed E-state index contributed by atoms with van der Waals surface area (Å²) >= 11 is 5.91. The minimum atomic E-state index is -0.641. The van der Waals surface area contributed by atoms with E-state index in [4.69, 9.17) is 11.6 Å². The quantitative estimate of drug-likeness (QED) is 0.374. The Hall–Kier alpha value is -1.32. The fraction of sp³-hybridized carbons (Fsp3) is 0.474. The molecule has 1 saturated heterocycles. The summed E-state index contributed by atoms with van der Waals surface area (Å²) in [5.74, 6) is 1.32. The van der Waals surface area contributed by atoms with Crippen molar-refractivity contribution in [2.45, 2.75) is 25.4 Å². The zero-order valence-electron chi connectivity index (χ0n) is 15.7. The third kappa shape index (κ3) is 5.83. The predicted octanol–water partition coefficient (Wildman–Crippen LogP) is 3.18. The second-order valence-electron chi connectivity index (χ2n) is 6.64. The molecule has 0 bridgehead atoms. The van der Waals surface area contributed by atoms with Gasteiger partial charge in [0.15, 0.2) is 5.96 Å². The Labute approximate surface area is 182 Å². The highest BCUT2D eigenvalue weighted by Gasteiger charge is 2.27. The number of likely N-dealkylation sites (tertiary alicyclic amines) is 1. The SMILES string of the molecule is CCNC(=NCC(O)c1ccc(Cl)cc1)N1CCC(c2cnn(C)c2)C1.I. The summed E-state index contributed by atoms with van der Waals surface area (Å²) in [4.78, 5) is 6.91. The molecule has 148 valence electrons. The van der Waals surface area contributed by atoms with E-state index in [0.717, 1.165) is 37.6 Å². The standard InChI is InChI=1S/C19H26ClN5O.HI/c1-3-21-19(22-11-18(26)14-4-6-17(20)7-5-14)25-9-8-15(13-25)16-10-23-24(2)12-16;/h4-7,10,12,15,18,26H,3,8-9,11,13H2,1-2H3,(H,21,22);1H. The van der Waals surface area contributed by atoms with Crippen molar-refractivity contribution in [3.63, 3.8) is 0 Å². The van der Waals surface area contributed by atoms with Crippen LogP contribution in [0, 0.1) is 0 Å². The number of nitrogens with zero attached hydrogens (tertiary/aromatic N) is 4. The molecule has 0 aliphatic carbocycles. The lowest BCUT2D eigenvalue weighted by atomic mass is 10.0. The minimum absolute atomic E-state index is 0. The number of benzene rings is 1. The summed E-state index contributed by atoms with van der Waals surface area (Å²) in [6.45, 7) is 5.03. The van der Waals surface area contributed by atoms with Gasteiger partial charge in [-0.15, -0.1) is 24.0 Å². The van der Waals surface area contributed by atoms with Gasteiger partial charge in [0.05, 0.1) is 18.8 Å². The van der Waals surface area contributed by atoms with Crippen molar-refractivity contribution in [1.29, 1.82) is 0 Å². The van der Waals surface area contributed by atoms with Crippen molar-refractivity contribution >= 4 is 41.5 Å². The monoisotopic (exact) mass is 503 g/mol. The number of aliphatic hydroxyl groups is 1. The lowest BCUT2D eigenvalue weighted by Crippen LogP contribution is -2.40. The maximum absolute atomic E-state index is 10.4. The Balaban J connectivity index is 0.00000261. The van der Waals surface area contributed by atoms with E-state index < -0.39 is 6.10 Å². The molecule has 1 fully saturated rings. The number of aryl methyl sites for hydroxylation is 1. The van der Waals surface area contributed by atoms with E-state index in [1.807, 2.05) is 30.1 Å². The van der Waals surface area contributed by atoms with Crippen LogP contribution < -0.4 is 5.32 Å². The molecule has 0 saturated carbocycles. The summed E-state index contributed by atoms with van der Waals surface area (Å²) in [5, 5.41) is 18.7. The van der Waals surface area contributed by atoms with Gasteiger partial charge in [0.2, 0.25) is 0 Å². The van der Waals surface area contributed by atoms with E-state index in [9.17, 15) is 5.11 Å². The van der Waals surface area contributed by atoms with Crippen LogP contribution in [0.25, 0.3) is 0 Å². The highest BCUT2D eigenvalue weighted by Crippen LogP contribution is 2.26. The Bertz CT molecular complexity index is 749. The first-order valence-electron chi connectivity index (χ1n) is 9.02. The van der Waals surface area contributed by atoms with Crippen LogP contribution in [0.3, 0.4) is 0 Å². The third-order valence-electron chi connectivity index (χ3n) is 4.69. The van der Waals surface area contributed by atoms with Gasteiger partial charge in [-0.25, -0.2) is 0 Å². The van der Waals surface area contributed by atoms with E-state index >= 15 is 0 Å². The van der Waals surface area contributed by atoms with Gasteiger partial charge in [0.1, 0.15) is 0 Å². The Kier molecular flexibility index (Phi) is 8.37.